The fourth-order valence-corrected chi connectivity index (χ4v) is 1.89. The van der Waals surface area contributed by atoms with E-state index in [4.69, 9.17) is 0 Å². The molecular weight excluding hydrogens is 194 g/mol. The van der Waals surface area contributed by atoms with Crippen LogP contribution in [0, 0.1) is 0 Å². The predicted octanol–water partition coefficient (Wildman–Crippen LogP) is 2.52. The quantitative estimate of drug-likeness (QED) is 0.556. The number of hydrogen-bond acceptors (Lipinski definition) is 3. The van der Waals surface area contributed by atoms with Crippen molar-refractivity contribution in [2.45, 2.75) is 0 Å². The zero-order chi connectivity index (χ0) is 9.97. The SMILES string of the molecule is CN(C)/C=N/c1nc2ccccc2s1. The third-order valence-electron chi connectivity index (χ3n) is 1.68. The molecule has 0 spiro atoms. The molecule has 0 fully saturated rings. The first-order chi connectivity index (χ1) is 6.75. The zero-order valence-electron chi connectivity index (χ0n) is 8.14. The van der Waals surface area contributed by atoms with Crippen LogP contribution in [0.15, 0.2) is 29.3 Å². The van der Waals surface area contributed by atoms with E-state index in [2.05, 4.69) is 16.0 Å². The van der Waals surface area contributed by atoms with E-state index in [-0.39, 0.29) is 0 Å². The highest BCUT2D eigenvalue weighted by Crippen LogP contribution is 2.27. The molecule has 0 bridgehead atoms. The van der Waals surface area contributed by atoms with Crippen molar-refractivity contribution in [2.24, 2.45) is 4.99 Å². The Morgan fingerprint density at radius 1 is 1.36 bits per heavy atom. The Morgan fingerprint density at radius 2 is 2.14 bits per heavy atom. The highest BCUT2D eigenvalue weighted by molar-refractivity contribution is 7.21. The van der Waals surface area contributed by atoms with Crippen LogP contribution in [0.3, 0.4) is 0 Å². The van der Waals surface area contributed by atoms with Gasteiger partial charge in [-0.3, -0.25) is 0 Å². The molecule has 4 heteroatoms. The van der Waals surface area contributed by atoms with Crippen molar-refractivity contribution in [3.63, 3.8) is 0 Å². The lowest BCUT2D eigenvalue weighted by Crippen LogP contribution is -2.06. The molecule has 0 amide bonds. The fraction of sp³-hybridized carbons (Fsp3) is 0.200. The summed E-state index contributed by atoms with van der Waals surface area (Å²) in [6, 6.07) is 8.06. The Morgan fingerprint density at radius 3 is 2.86 bits per heavy atom. The van der Waals surface area contributed by atoms with Gasteiger partial charge in [-0.1, -0.05) is 23.5 Å². The van der Waals surface area contributed by atoms with Gasteiger partial charge in [0.2, 0.25) is 5.13 Å². The van der Waals surface area contributed by atoms with Gasteiger partial charge in [-0.2, -0.15) is 0 Å². The number of rotatable bonds is 2. The minimum Gasteiger partial charge on any atom is -0.369 e. The summed E-state index contributed by atoms with van der Waals surface area (Å²) in [5, 5.41) is 0.805. The van der Waals surface area contributed by atoms with Gasteiger partial charge in [0.15, 0.2) is 0 Å². The third-order valence-corrected chi connectivity index (χ3v) is 2.63. The first-order valence-electron chi connectivity index (χ1n) is 4.32. The van der Waals surface area contributed by atoms with Crippen LogP contribution >= 0.6 is 11.3 Å². The predicted molar refractivity (Wildman–Crippen MR) is 61.5 cm³/mol. The van der Waals surface area contributed by atoms with Gasteiger partial charge in [-0.15, -0.1) is 0 Å². The van der Waals surface area contributed by atoms with Gasteiger partial charge in [0.1, 0.15) is 0 Å². The molecule has 0 aliphatic rings. The van der Waals surface area contributed by atoms with Crippen molar-refractivity contribution in [3.05, 3.63) is 24.3 Å². The van der Waals surface area contributed by atoms with Crippen LogP contribution < -0.4 is 0 Å². The standard InChI is InChI=1S/C10H11N3S/c1-13(2)7-11-10-12-8-5-3-4-6-9(8)14-10/h3-7H,1-2H3/b11-7+. The monoisotopic (exact) mass is 205 g/mol. The number of aliphatic imine (C=N–C) groups is 1. The maximum atomic E-state index is 4.38. The minimum absolute atomic E-state index is 0.805. The highest BCUT2D eigenvalue weighted by atomic mass is 32.1. The summed E-state index contributed by atoms with van der Waals surface area (Å²) < 4.78 is 1.18. The smallest absolute Gasteiger partial charge is 0.211 e. The number of para-hydroxylation sites is 1. The highest BCUT2D eigenvalue weighted by Gasteiger charge is 1.99. The summed E-state index contributed by atoms with van der Waals surface area (Å²) in [4.78, 5) is 10.5. The van der Waals surface area contributed by atoms with E-state index in [0.717, 1.165) is 10.6 Å². The number of fused-ring (bicyclic) bond motifs is 1. The molecule has 0 radical (unpaired) electrons. The van der Waals surface area contributed by atoms with Crippen LogP contribution in [-0.2, 0) is 0 Å². The van der Waals surface area contributed by atoms with Gasteiger partial charge < -0.3 is 4.90 Å². The van der Waals surface area contributed by atoms with Crippen molar-refractivity contribution in [1.82, 2.24) is 9.88 Å². The van der Waals surface area contributed by atoms with Crippen molar-refractivity contribution in [2.75, 3.05) is 14.1 Å². The largest absolute Gasteiger partial charge is 0.369 e. The Bertz CT molecular complexity index is 426. The summed E-state index contributed by atoms with van der Waals surface area (Å²) in [6.07, 6.45) is 1.76. The summed E-state index contributed by atoms with van der Waals surface area (Å²) >= 11 is 1.60. The number of benzene rings is 1. The maximum absolute atomic E-state index is 4.38. The number of aromatic nitrogens is 1. The lowest BCUT2D eigenvalue weighted by Gasteiger charge is -1.99. The Balaban J connectivity index is 2.36. The molecule has 1 aromatic heterocycles. The molecule has 0 aliphatic carbocycles. The number of nitrogens with zero attached hydrogens (tertiary/aromatic N) is 3. The van der Waals surface area contributed by atoms with Crippen molar-refractivity contribution < 1.29 is 0 Å². The normalized spacial score (nSPS) is 11.3. The number of thiazole rings is 1. The Labute approximate surface area is 86.7 Å². The van der Waals surface area contributed by atoms with Crippen molar-refractivity contribution in [3.8, 4) is 0 Å². The molecule has 72 valence electrons. The van der Waals surface area contributed by atoms with E-state index in [0.29, 0.717) is 0 Å². The molecule has 0 atom stereocenters. The molecule has 0 N–H and O–H groups in total. The van der Waals surface area contributed by atoms with Gasteiger partial charge in [-0.25, -0.2) is 9.98 Å². The average molecular weight is 205 g/mol. The van der Waals surface area contributed by atoms with Crippen LogP contribution in [0.4, 0.5) is 5.13 Å². The van der Waals surface area contributed by atoms with E-state index in [1.165, 1.54) is 4.70 Å². The van der Waals surface area contributed by atoms with E-state index in [1.807, 2.05) is 37.2 Å². The lowest BCUT2D eigenvalue weighted by molar-refractivity contribution is 0.643. The molecule has 14 heavy (non-hydrogen) atoms. The molecule has 2 aromatic rings. The summed E-state index contributed by atoms with van der Waals surface area (Å²) in [7, 11) is 3.88. The first-order valence-corrected chi connectivity index (χ1v) is 5.13. The molecular formula is C10H11N3S. The van der Waals surface area contributed by atoms with Gasteiger partial charge in [0, 0.05) is 14.1 Å². The second kappa shape index (κ2) is 3.75. The van der Waals surface area contributed by atoms with Crippen LogP contribution in [0.1, 0.15) is 0 Å². The topological polar surface area (TPSA) is 28.5 Å². The van der Waals surface area contributed by atoms with E-state index in [1.54, 1.807) is 17.7 Å². The van der Waals surface area contributed by atoms with Crippen LogP contribution in [0.2, 0.25) is 0 Å². The van der Waals surface area contributed by atoms with Crippen LogP contribution in [0.25, 0.3) is 10.2 Å². The maximum Gasteiger partial charge on any atom is 0.211 e. The Hall–Kier alpha value is -1.42. The Kier molecular flexibility index (Phi) is 2.45. The molecule has 0 saturated carbocycles. The molecule has 0 aliphatic heterocycles. The van der Waals surface area contributed by atoms with E-state index in [9.17, 15) is 0 Å². The van der Waals surface area contributed by atoms with Crippen LogP contribution in [0.5, 0.6) is 0 Å². The summed E-state index contributed by atoms with van der Waals surface area (Å²) in [5.74, 6) is 0. The lowest BCUT2D eigenvalue weighted by atomic mass is 10.3. The first kappa shape index (κ1) is 9.15. The molecule has 3 nitrogen and oxygen atoms in total. The van der Waals surface area contributed by atoms with Crippen molar-refractivity contribution in [1.29, 1.82) is 0 Å². The molecule has 0 unspecified atom stereocenters. The fourth-order valence-electron chi connectivity index (χ4n) is 1.08. The zero-order valence-corrected chi connectivity index (χ0v) is 8.95. The van der Waals surface area contributed by atoms with Gasteiger partial charge in [0.25, 0.3) is 0 Å². The second-order valence-corrected chi connectivity index (χ2v) is 4.18. The average Bonchev–Trinajstić information content (AvgIpc) is 2.57. The second-order valence-electron chi connectivity index (χ2n) is 3.17. The molecule has 1 heterocycles. The summed E-state index contributed by atoms with van der Waals surface area (Å²) in [6.45, 7) is 0. The summed E-state index contributed by atoms with van der Waals surface area (Å²) in [5.41, 5.74) is 1.02. The number of hydrogen-bond donors (Lipinski definition) is 0. The van der Waals surface area contributed by atoms with Crippen LogP contribution in [-0.4, -0.2) is 30.3 Å². The van der Waals surface area contributed by atoms with E-state index >= 15 is 0 Å². The van der Waals surface area contributed by atoms with Gasteiger partial charge >= 0.3 is 0 Å². The van der Waals surface area contributed by atoms with Crippen molar-refractivity contribution >= 4 is 33.0 Å². The van der Waals surface area contributed by atoms with Gasteiger partial charge in [0.05, 0.1) is 16.6 Å². The molecule has 2 rings (SSSR count). The minimum atomic E-state index is 0.805. The molecule has 1 aromatic carbocycles. The molecule has 0 saturated heterocycles. The van der Waals surface area contributed by atoms with E-state index < -0.39 is 0 Å². The van der Waals surface area contributed by atoms with Gasteiger partial charge in [-0.05, 0) is 12.1 Å². The third kappa shape index (κ3) is 1.90.